The second-order valence-electron chi connectivity index (χ2n) is 18.9. The first-order chi connectivity index (χ1) is 31.5. The first-order valence-corrected chi connectivity index (χ1v) is 28.0. The van der Waals surface area contributed by atoms with Gasteiger partial charge in [0, 0.05) is 19.3 Å². The van der Waals surface area contributed by atoms with Crippen LogP contribution >= 0.6 is 0 Å². The smallest absolute Gasteiger partial charge is 0.306 e. The Kier molecular flexibility index (Phi) is 51.3. The third-order valence-electron chi connectivity index (χ3n) is 12.4. The van der Waals surface area contributed by atoms with E-state index in [4.69, 9.17) is 14.2 Å². The van der Waals surface area contributed by atoms with E-state index in [0.29, 0.717) is 19.3 Å². The zero-order valence-electron chi connectivity index (χ0n) is 42.8. The van der Waals surface area contributed by atoms with Crippen LogP contribution in [0.15, 0.2) is 36.5 Å². The molecule has 374 valence electrons. The maximum atomic E-state index is 12.8. The fraction of sp³-hybridized carbons (Fsp3) is 0.845. The number of allylic oxidation sites excluding steroid dienone is 6. The molecular weight excluding hydrogens is 793 g/mol. The van der Waals surface area contributed by atoms with Crippen molar-refractivity contribution in [1.82, 2.24) is 0 Å². The lowest BCUT2D eigenvalue weighted by Crippen LogP contribution is -2.30. The monoisotopic (exact) mass is 899 g/mol. The highest BCUT2D eigenvalue weighted by Crippen LogP contribution is 2.16. The van der Waals surface area contributed by atoms with Crippen LogP contribution in [-0.2, 0) is 28.6 Å². The van der Waals surface area contributed by atoms with Crippen molar-refractivity contribution in [2.45, 2.75) is 303 Å². The number of esters is 3. The van der Waals surface area contributed by atoms with Crippen LogP contribution < -0.4 is 0 Å². The molecule has 0 aliphatic heterocycles. The van der Waals surface area contributed by atoms with E-state index in [2.05, 4.69) is 57.2 Å². The number of hydrogen-bond acceptors (Lipinski definition) is 6. The Bertz CT molecular complexity index is 1080. The van der Waals surface area contributed by atoms with Crippen LogP contribution in [0.4, 0.5) is 0 Å². The maximum Gasteiger partial charge on any atom is 0.306 e. The molecule has 0 amide bonds. The number of carbonyl (C=O) groups is 3. The molecule has 0 aromatic rings. The van der Waals surface area contributed by atoms with Gasteiger partial charge in [-0.15, -0.1) is 0 Å². The fourth-order valence-electron chi connectivity index (χ4n) is 8.16. The van der Waals surface area contributed by atoms with Crippen molar-refractivity contribution in [3.63, 3.8) is 0 Å². The lowest BCUT2D eigenvalue weighted by atomic mass is 10.0. The number of hydrogen-bond donors (Lipinski definition) is 0. The van der Waals surface area contributed by atoms with Crippen LogP contribution in [0.5, 0.6) is 0 Å². The Hall–Kier alpha value is -2.37. The zero-order valence-corrected chi connectivity index (χ0v) is 42.8. The van der Waals surface area contributed by atoms with Crippen LogP contribution in [0, 0.1) is 0 Å². The molecule has 0 aromatic heterocycles. The zero-order chi connectivity index (χ0) is 46.5. The van der Waals surface area contributed by atoms with Gasteiger partial charge in [-0.3, -0.25) is 14.4 Å². The standard InChI is InChI=1S/C58H106O6/c1-4-7-10-13-16-19-22-24-26-28-29-31-32-34-36-39-42-45-48-51-57(60)63-54-55(53-62-56(59)50-47-44-41-38-21-18-15-12-9-6-3)64-58(61)52-49-46-43-40-37-35-33-30-27-25-23-20-17-14-11-8-5-2/h16,19,24,26,29,31,55H,4-15,17-18,20-23,25,27-28,30,32-54H2,1-3H3/b19-16-,26-24-,31-29-. The minimum absolute atomic E-state index is 0.0720. The molecule has 0 aliphatic rings. The summed E-state index contributed by atoms with van der Waals surface area (Å²) in [5, 5.41) is 0. The van der Waals surface area contributed by atoms with Crippen molar-refractivity contribution in [2.75, 3.05) is 13.2 Å². The molecule has 0 saturated heterocycles. The van der Waals surface area contributed by atoms with E-state index in [0.717, 1.165) is 77.0 Å². The second kappa shape index (κ2) is 53.2. The number of unbranched alkanes of at least 4 members (excludes halogenated alkanes) is 34. The van der Waals surface area contributed by atoms with Gasteiger partial charge in [-0.2, -0.15) is 0 Å². The first kappa shape index (κ1) is 61.6. The third kappa shape index (κ3) is 50.6. The van der Waals surface area contributed by atoms with Crippen molar-refractivity contribution in [3.05, 3.63) is 36.5 Å². The molecule has 1 unspecified atom stereocenters. The Morgan fingerprint density at radius 3 is 0.906 bits per heavy atom. The van der Waals surface area contributed by atoms with Gasteiger partial charge in [0.25, 0.3) is 0 Å². The molecule has 0 aliphatic carbocycles. The van der Waals surface area contributed by atoms with Crippen LogP contribution in [-0.4, -0.2) is 37.2 Å². The van der Waals surface area contributed by atoms with Crippen molar-refractivity contribution in [2.24, 2.45) is 0 Å². The summed E-state index contributed by atoms with van der Waals surface area (Å²) in [4.78, 5) is 38.0. The van der Waals surface area contributed by atoms with Crippen molar-refractivity contribution < 1.29 is 28.6 Å². The van der Waals surface area contributed by atoms with Crippen LogP contribution in [0.3, 0.4) is 0 Å². The molecule has 0 spiro atoms. The van der Waals surface area contributed by atoms with E-state index in [1.807, 2.05) is 0 Å². The summed E-state index contributed by atoms with van der Waals surface area (Å²) in [6.07, 6.45) is 62.7. The average Bonchev–Trinajstić information content (AvgIpc) is 3.29. The largest absolute Gasteiger partial charge is 0.462 e. The molecule has 0 heterocycles. The summed E-state index contributed by atoms with van der Waals surface area (Å²) in [5.41, 5.74) is 0. The van der Waals surface area contributed by atoms with Crippen LogP contribution in [0.2, 0.25) is 0 Å². The first-order valence-electron chi connectivity index (χ1n) is 28.0. The number of ether oxygens (including phenoxy) is 3. The molecule has 6 nitrogen and oxygen atoms in total. The summed E-state index contributed by atoms with van der Waals surface area (Å²) in [5.74, 6) is -0.870. The van der Waals surface area contributed by atoms with Crippen LogP contribution in [0.25, 0.3) is 0 Å². The lowest BCUT2D eigenvalue weighted by Gasteiger charge is -2.18. The van der Waals surface area contributed by atoms with Gasteiger partial charge in [0.15, 0.2) is 6.10 Å². The summed E-state index contributed by atoms with van der Waals surface area (Å²) >= 11 is 0. The summed E-state index contributed by atoms with van der Waals surface area (Å²) in [6.45, 7) is 6.62. The molecular formula is C58H106O6. The Morgan fingerprint density at radius 2 is 0.562 bits per heavy atom. The minimum atomic E-state index is -0.772. The third-order valence-corrected chi connectivity index (χ3v) is 12.4. The van der Waals surface area contributed by atoms with Gasteiger partial charge < -0.3 is 14.2 Å². The number of rotatable bonds is 51. The van der Waals surface area contributed by atoms with Crippen molar-refractivity contribution in [1.29, 1.82) is 0 Å². The predicted molar refractivity (Wildman–Crippen MR) is 275 cm³/mol. The highest BCUT2D eigenvalue weighted by Gasteiger charge is 2.19. The molecule has 0 saturated carbocycles. The average molecular weight is 899 g/mol. The van der Waals surface area contributed by atoms with Gasteiger partial charge in [-0.1, -0.05) is 256 Å². The van der Waals surface area contributed by atoms with E-state index < -0.39 is 6.10 Å². The molecule has 0 aromatic carbocycles. The molecule has 6 heteroatoms. The molecule has 0 radical (unpaired) electrons. The maximum absolute atomic E-state index is 12.8. The van der Waals surface area contributed by atoms with E-state index in [1.54, 1.807) is 0 Å². The van der Waals surface area contributed by atoms with Gasteiger partial charge in [0.1, 0.15) is 13.2 Å². The summed E-state index contributed by atoms with van der Waals surface area (Å²) in [7, 11) is 0. The van der Waals surface area contributed by atoms with Gasteiger partial charge >= 0.3 is 17.9 Å². The Balaban J connectivity index is 4.31. The van der Waals surface area contributed by atoms with Crippen LogP contribution in [0.1, 0.15) is 297 Å². The van der Waals surface area contributed by atoms with E-state index >= 15 is 0 Å². The quantitative estimate of drug-likeness (QED) is 0.0262. The summed E-state index contributed by atoms with van der Waals surface area (Å²) in [6, 6.07) is 0. The lowest BCUT2D eigenvalue weighted by molar-refractivity contribution is -0.167. The van der Waals surface area contributed by atoms with Crippen molar-refractivity contribution in [3.8, 4) is 0 Å². The highest BCUT2D eigenvalue weighted by atomic mass is 16.6. The molecule has 1 atom stereocenters. The highest BCUT2D eigenvalue weighted by molar-refractivity contribution is 5.71. The molecule has 0 fully saturated rings. The fourth-order valence-corrected chi connectivity index (χ4v) is 8.16. The van der Waals surface area contributed by atoms with Gasteiger partial charge in [0.05, 0.1) is 0 Å². The molecule has 0 rings (SSSR count). The normalized spacial score (nSPS) is 12.2. The van der Waals surface area contributed by atoms with E-state index in [-0.39, 0.29) is 31.1 Å². The Labute approximate surface area is 397 Å². The van der Waals surface area contributed by atoms with Crippen molar-refractivity contribution >= 4 is 17.9 Å². The topological polar surface area (TPSA) is 78.9 Å². The SMILES string of the molecule is CCCCC/C=C\C/C=C\C/C=C\CCCCCCCCC(=O)OCC(COC(=O)CCCCCCCCCCCC)OC(=O)CCCCCCCCCCCCCCCCCCC. The molecule has 0 bridgehead atoms. The van der Waals surface area contributed by atoms with E-state index in [1.165, 1.54) is 180 Å². The van der Waals surface area contributed by atoms with Gasteiger partial charge in [-0.25, -0.2) is 0 Å². The van der Waals surface area contributed by atoms with Gasteiger partial charge in [-0.05, 0) is 57.8 Å². The predicted octanol–water partition coefficient (Wildman–Crippen LogP) is 18.5. The van der Waals surface area contributed by atoms with Gasteiger partial charge in [0.2, 0.25) is 0 Å². The minimum Gasteiger partial charge on any atom is -0.462 e. The second-order valence-corrected chi connectivity index (χ2v) is 18.9. The molecule has 64 heavy (non-hydrogen) atoms. The van der Waals surface area contributed by atoms with E-state index in [9.17, 15) is 14.4 Å². The Morgan fingerprint density at radius 1 is 0.312 bits per heavy atom. The summed E-state index contributed by atoms with van der Waals surface area (Å²) < 4.78 is 16.8. The number of carbonyl (C=O) groups excluding carboxylic acids is 3. The molecule has 0 N–H and O–H groups in total.